The highest BCUT2D eigenvalue weighted by atomic mass is 19.1. The van der Waals surface area contributed by atoms with E-state index in [1.54, 1.807) is 0 Å². The minimum Gasteiger partial charge on any atom is -0.485 e. The van der Waals surface area contributed by atoms with Gasteiger partial charge < -0.3 is 15.4 Å². The zero-order valence-electron chi connectivity index (χ0n) is 24.1. The molecule has 3 aromatic rings. The molecule has 208 valence electrons. The minimum absolute atomic E-state index is 0.0448. The molecule has 0 spiro atoms. The van der Waals surface area contributed by atoms with Crippen LogP contribution >= 0.6 is 0 Å². The fourth-order valence-corrected chi connectivity index (χ4v) is 5.35. The normalized spacial score (nSPS) is 16.1. The summed E-state index contributed by atoms with van der Waals surface area (Å²) in [5, 5.41) is 0. The molecular formula is C31H40FN5O2. The molecule has 0 aliphatic carbocycles. The summed E-state index contributed by atoms with van der Waals surface area (Å²) in [4.78, 5) is 25.9. The number of nitrogens with zero attached hydrogens (tertiary/aromatic N) is 4. The molecule has 1 fully saturated rings. The molecule has 1 amide bonds. The Kier molecular flexibility index (Phi) is 8.54. The first-order valence-corrected chi connectivity index (χ1v) is 13.6. The number of piperazine rings is 1. The molecule has 0 saturated carbocycles. The van der Waals surface area contributed by atoms with Crippen molar-refractivity contribution < 1.29 is 13.9 Å². The third-order valence-corrected chi connectivity index (χ3v) is 7.63. The Morgan fingerprint density at radius 2 is 1.77 bits per heavy atom. The fraction of sp³-hybridized carbons (Fsp3) is 0.452. The van der Waals surface area contributed by atoms with Crippen molar-refractivity contribution in [1.82, 2.24) is 14.9 Å². The molecule has 4 rings (SSSR count). The van der Waals surface area contributed by atoms with Gasteiger partial charge in [0.2, 0.25) is 5.91 Å². The third-order valence-electron chi connectivity index (χ3n) is 7.63. The number of amides is 1. The lowest BCUT2D eigenvalue weighted by atomic mass is 10.0. The minimum atomic E-state index is -0.333. The number of halogens is 1. The maximum Gasteiger partial charge on any atom is 0.231 e. The summed E-state index contributed by atoms with van der Waals surface area (Å²) in [5.74, 6) is 1.11. The summed E-state index contributed by atoms with van der Waals surface area (Å²) in [5.41, 5.74) is 11.7. The SMILES string of the molecule is Cc1ccc(C(C)C)c(F)c1OCc1c(C)nc(-c2c(C)cccc2C)nc1N1CCN(CC(N)=O)C(C)C1. The molecule has 2 heterocycles. The largest absolute Gasteiger partial charge is 0.485 e. The lowest BCUT2D eigenvalue weighted by Crippen LogP contribution is -2.54. The van der Waals surface area contributed by atoms with Crippen LogP contribution in [0.5, 0.6) is 5.75 Å². The Bertz CT molecular complexity index is 1350. The molecule has 1 aliphatic heterocycles. The molecule has 2 aromatic carbocycles. The summed E-state index contributed by atoms with van der Waals surface area (Å²) < 4.78 is 21.6. The molecule has 0 radical (unpaired) electrons. The highest BCUT2D eigenvalue weighted by Gasteiger charge is 2.29. The van der Waals surface area contributed by atoms with Gasteiger partial charge in [-0.25, -0.2) is 14.4 Å². The Balaban J connectivity index is 1.75. The van der Waals surface area contributed by atoms with Crippen molar-refractivity contribution >= 4 is 11.7 Å². The van der Waals surface area contributed by atoms with Gasteiger partial charge in [0, 0.05) is 31.2 Å². The molecule has 2 N–H and O–H groups in total. The van der Waals surface area contributed by atoms with Crippen LogP contribution in [0.3, 0.4) is 0 Å². The van der Waals surface area contributed by atoms with E-state index < -0.39 is 0 Å². The Morgan fingerprint density at radius 3 is 2.38 bits per heavy atom. The fourth-order valence-electron chi connectivity index (χ4n) is 5.35. The van der Waals surface area contributed by atoms with Gasteiger partial charge in [0.1, 0.15) is 12.4 Å². The monoisotopic (exact) mass is 533 g/mol. The van der Waals surface area contributed by atoms with E-state index in [9.17, 15) is 4.79 Å². The van der Waals surface area contributed by atoms with Gasteiger partial charge in [-0.2, -0.15) is 0 Å². The molecule has 39 heavy (non-hydrogen) atoms. The van der Waals surface area contributed by atoms with Gasteiger partial charge in [0.15, 0.2) is 17.4 Å². The van der Waals surface area contributed by atoms with E-state index in [4.69, 9.17) is 20.4 Å². The summed E-state index contributed by atoms with van der Waals surface area (Å²) in [6.07, 6.45) is 0. The number of carbonyl (C=O) groups excluding carboxylic acids is 1. The van der Waals surface area contributed by atoms with Crippen LogP contribution in [-0.2, 0) is 11.4 Å². The predicted octanol–water partition coefficient (Wildman–Crippen LogP) is 5.21. The van der Waals surface area contributed by atoms with Crippen LogP contribution in [0.4, 0.5) is 10.2 Å². The van der Waals surface area contributed by atoms with Crippen LogP contribution in [0.1, 0.15) is 60.2 Å². The maximum atomic E-state index is 15.4. The Labute approximate surface area is 231 Å². The van der Waals surface area contributed by atoms with Crippen LogP contribution in [-0.4, -0.2) is 53.0 Å². The van der Waals surface area contributed by atoms with Crippen molar-refractivity contribution in [2.24, 2.45) is 5.73 Å². The smallest absolute Gasteiger partial charge is 0.231 e. The lowest BCUT2D eigenvalue weighted by molar-refractivity contribution is -0.119. The van der Waals surface area contributed by atoms with Crippen LogP contribution in [0.2, 0.25) is 0 Å². The van der Waals surface area contributed by atoms with Gasteiger partial charge in [-0.1, -0.05) is 44.2 Å². The van der Waals surface area contributed by atoms with Crippen LogP contribution in [0, 0.1) is 33.5 Å². The first-order chi connectivity index (χ1) is 18.5. The van der Waals surface area contributed by atoms with Crippen LogP contribution < -0.4 is 15.4 Å². The summed E-state index contributed by atoms with van der Waals surface area (Å²) in [6.45, 7) is 16.4. The van der Waals surface area contributed by atoms with E-state index in [0.717, 1.165) is 39.3 Å². The number of nitrogens with two attached hydrogens (primary N) is 1. The molecular weight excluding hydrogens is 493 g/mol. The molecule has 7 nitrogen and oxygen atoms in total. The highest BCUT2D eigenvalue weighted by Crippen LogP contribution is 2.33. The average Bonchev–Trinajstić information content (AvgIpc) is 2.85. The summed E-state index contributed by atoms with van der Waals surface area (Å²) in [7, 11) is 0. The van der Waals surface area contributed by atoms with E-state index in [1.165, 1.54) is 0 Å². The van der Waals surface area contributed by atoms with E-state index in [2.05, 4.69) is 42.7 Å². The van der Waals surface area contributed by atoms with Crippen molar-refractivity contribution in [3.05, 3.63) is 69.7 Å². The highest BCUT2D eigenvalue weighted by molar-refractivity contribution is 5.76. The zero-order valence-corrected chi connectivity index (χ0v) is 24.1. The maximum absolute atomic E-state index is 15.4. The summed E-state index contributed by atoms with van der Waals surface area (Å²) in [6, 6.07) is 9.99. The average molecular weight is 534 g/mol. The summed E-state index contributed by atoms with van der Waals surface area (Å²) >= 11 is 0. The number of hydrogen-bond acceptors (Lipinski definition) is 6. The number of carbonyl (C=O) groups is 1. The quantitative estimate of drug-likeness (QED) is 0.428. The Morgan fingerprint density at radius 1 is 1.08 bits per heavy atom. The zero-order chi connectivity index (χ0) is 28.4. The molecule has 1 aromatic heterocycles. The standard InChI is InChI=1S/C31H40FN5O2/c1-18(2)24-12-11-21(5)29(28(24)32)39-17-25-23(7)34-30(27-19(3)9-8-10-20(27)4)35-31(25)37-14-13-36(16-26(33)38)22(6)15-37/h8-12,18,22H,13-17H2,1-7H3,(H2,33,38). The first-order valence-electron chi connectivity index (χ1n) is 13.6. The third kappa shape index (κ3) is 6.06. The van der Waals surface area contributed by atoms with Crippen molar-refractivity contribution in [2.75, 3.05) is 31.1 Å². The van der Waals surface area contributed by atoms with Gasteiger partial charge >= 0.3 is 0 Å². The molecule has 0 bridgehead atoms. The molecule has 1 unspecified atom stereocenters. The lowest BCUT2D eigenvalue weighted by Gasteiger charge is -2.40. The number of aromatic nitrogens is 2. The molecule has 1 saturated heterocycles. The van der Waals surface area contributed by atoms with E-state index >= 15 is 4.39 Å². The van der Waals surface area contributed by atoms with Gasteiger partial charge in [-0.05, 0) is 62.8 Å². The van der Waals surface area contributed by atoms with Gasteiger partial charge in [-0.15, -0.1) is 0 Å². The van der Waals surface area contributed by atoms with Crippen molar-refractivity contribution in [3.8, 4) is 17.1 Å². The molecule has 1 aliphatic rings. The number of rotatable bonds is 8. The number of ether oxygens (including phenoxy) is 1. The number of hydrogen-bond donors (Lipinski definition) is 1. The topological polar surface area (TPSA) is 84.6 Å². The molecule has 8 heteroatoms. The molecule has 1 atom stereocenters. The second kappa shape index (κ2) is 11.7. The van der Waals surface area contributed by atoms with Crippen molar-refractivity contribution in [1.29, 1.82) is 0 Å². The van der Waals surface area contributed by atoms with E-state index in [0.29, 0.717) is 31.0 Å². The Hall–Kier alpha value is -3.52. The van der Waals surface area contributed by atoms with Gasteiger partial charge in [-0.3, -0.25) is 9.69 Å². The number of aryl methyl sites for hydroxylation is 4. The second-order valence-electron chi connectivity index (χ2n) is 11.0. The van der Waals surface area contributed by atoms with Gasteiger partial charge in [0.25, 0.3) is 0 Å². The number of anilines is 1. The van der Waals surface area contributed by atoms with Crippen LogP contribution in [0.25, 0.3) is 11.4 Å². The number of primary amides is 1. The predicted molar refractivity (Wildman–Crippen MR) is 154 cm³/mol. The van der Waals surface area contributed by atoms with Gasteiger partial charge in [0.05, 0.1) is 17.8 Å². The van der Waals surface area contributed by atoms with E-state index in [-0.39, 0.29) is 42.6 Å². The number of benzene rings is 2. The van der Waals surface area contributed by atoms with Crippen molar-refractivity contribution in [3.63, 3.8) is 0 Å². The second-order valence-corrected chi connectivity index (χ2v) is 11.0. The van der Waals surface area contributed by atoms with E-state index in [1.807, 2.05) is 45.9 Å². The van der Waals surface area contributed by atoms with Crippen molar-refractivity contribution in [2.45, 2.75) is 67.0 Å². The van der Waals surface area contributed by atoms with Crippen LogP contribution in [0.15, 0.2) is 30.3 Å². The first kappa shape index (κ1) is 28.5.